The summed E-state index contributed by atoms with van der Waals surface area (Å²) >= 11 is 0. The van der Waals surface area contributed by atoms with E-state index in [2.05, 4.69) is 35.1 Å². The molecule has 0 radical (unpaired) electrons. The maximum absolute atomic E-state index is 5.37. The van der Waals surface area contributed by atoms with Crippen molar-refractivity contribution in [1.82, 2.24) is 15.2 Å². The average Bonchev–Trinajstić information content (AvgIpc) is 3.27. The molecule has 1 aromatic rings. The van der Waals surface area contributed by atoms with Crippen LogP contribution in [0, 0.1) is 12.8 Å². The van der Waals surface area contributed by atoms with Gasteiger partial charge in [0.25, 0.3) is 0 Å². The van der Waals surface area contributed by atoms with Crippen LogP contribution < -0.4 is 10.1 Å². The predicted octanol–water partition coefficient (Wildman–Crippen LogP) is 2.36. The van der Waals surface area contributed by atoms with Gasteiger partial charge in [0.15, 0.2) is 0 Å². The molecule has 2 aliphatic rings. The van der Waals surface area contributed by atoms with Gasteiger partial charge in [-0.1, -0.05) is 0 Å². The van der Waals surface area contributed by atoms with E-state index in [9.17, 15) is 0 Å². The van der Waals surface area contributed by atoms with Gasteiger partial charge in [0.1, 0.15) is 5.75 Å². The summed E-state index contributed by atoms with van der Waals surface area (Å²) in [4.78, 5) is 7.24. The van der Waals surface area contributed by atoms with Gasteiger partial charge in [0, 0.05) is 49.0 Å². The van der Waals surface area contributed by atoms with Crippen LogP contribution in [-0.4, -0.2) is 41.7 Å². The van der Waals surface area contributed by atoms with Crippen molar-refractivity contribution in [2.75, 3.05) is 20.2 Å². The van der Waals surface area contributed by atoms with E-state index in [0.717, 1.165) is 42.7 Å². The lowest BCUT2D eigenvalue weighted by Gasteiger charge is -2.45. The Morgan fingerprint density at radius 2 is 2.19 bits per heavy atom. The number of piperazine rings is 1. The standard InChI is InChI=1S/C17H27N3O/c1-12-7-16(21-4)8-15(19-12)10-20-11-17(3,14-5-6-14)18-9-13(20)2/h7-8,13-14,18H,5-6,9-11H2,1-4H3. The van der Waals surface area contributed by atoms with Crippen LogP contribution in [0.15, 0.2) is 12.1 Å². The molecule has 0 spiro atoms. The summed E-state index contributed by atoms with van der Waals surface area (Å²) in [6.45, 7) is 9.79. The van der Waals surface area contributed by atoms with E-state index in [1.807, 2.05) is 13.0 Å². The van der Waals surface area contributed by atoms with Crippen LogP contribution in [0.1, 0.15) is 38.1 Å². The van der Waals surface area contributed by atoms with Crippen molar-refractivity contribution in [3.8, 4) is 5.75 Å². The van der Waals surface area contributed by atoms with Crippen LogP contribution in [0.25, 0.3) is 0 Å². The third kappa shape index (κ3) is 3.22. The molecule has 1 saturated heterocycles. The van der Waals surface area contributed by atoms with Gasteiger partial charge in [-0.2, -0.15) is 0 Å². The summed E-state index contributed by atoms with van der Waals surface area (Å²) in [5.41, 5.74) is 2.41. The van der Waals surface area contributed by atoms with Crippen LogP contribution in [0.2, 0.25) is 0 Å². The molecule has 0 amide bonds. The van der Waals surface area contributed by atoms with E-state index in [1.54, 1.807) is 7.11 Å². The van der Waals surface area contributed by atoms with Crippen molar-refractivity contribution in [1.29, 1.82) is 0 Å². The molecule has 2 unspecified atom stereocenters. The Kier molecular flexibility index (Phi) is 3.93. The summed E-state index contributed by atoms with van der Waals surface area (Å²) in [6, 6.07) is 4.60. The third-order valence-electron chi connectivity index (χ3n) is 5.02. The minimum absolute atomic E-state index is 0.278. The zero-order chi connectivity index (χ0) is 15.0. The molecular weight excluding hydrogens is 262 g/mol. The molecule has 4 nitrogen and oxygen atoms in total. The number of aromatic nitrogens is 1. The van der Waals surface area contributed by atoms with Crippen molar-refractivity contribution >= 4 is 0 Å². The van der Waals surface area contributed by atoms with Crippen LogP contribution in [0.4, 0.5) is 0 Å². The number of ether oxygens (including phenoxy) is 1. The number of methoxy groups -OCH3 is 1. The van der Waals surface area contributed by atoms with Crippen molar-refractivity contribution in [2.45, 2.75) is 51.7 Å². The largest absolute Gasteiger partial charge is 0.497 e. The second-order valence-corrected chi connectivity index (χ2v) is 6.97. The van der Waals surface area contributed by atoms with Crippen molar-refractivity contribution in [2.24, 2.45) is 5.92 Å². The molecule has 1 saturated carbocycles. The fourth-order valence-electron chi connectivity index (χ4n) is 3.46. The van der Waals surface area contributed by atoms with E-state index < -0.39 is 0 Å². The highest BCUT2D eigenvalue weighted by atomic mass is 16.5. The lowest BCUT2D eigenvalue weighted by atomic mass is 9.91. The van der Waals surface area contributed by atoms with Crippen molar-refractivity contribution in [3.05, 3.63) is 23.5 Å². The van der Waals surface area contributed by atoms with Gasteiger partial charge in [-0.15, -0.1) is 0 Å². The first kappa shape index (κ1) is 14.8. The summed E-state index contributed by atoms with van der Waals surface area (Å²) < 4.78 is 5.37. The normalized spacial score (nSPS) is 30.4. The Hall–Kier alpha value is -1.13. The SMILES string of the molecule is COc1cc(C)nc(CN2CC(C)(C3CC3)NCC2C)c1. The number of aryl methyl sites for hydroxylation is 1. The monoisotopic (exact) mass is 289 g/mol. The topological polar surface area (TPSA) is 37.4 Å². The number of pyridine rings is 1. The Morgan fingerprint density at radius 3 is 2.86 bits per heavy atom. The molecule has 2 fully saturated rings. The number of nitrogens with one attached hydrogen (secondary N) is 1. The zero-order valence-electron chi connectivity index (χ0n) is 13.6. The Balaban J connectivity index is 1.74. The van der Waals surface area contributed by atoms with Gasteiger partial charge < -0.3 is 10.1 Å². The highest BCUT2D eigenvalue weighted by Gasteiger charge is 2.45. The van der Waals surface area contributed by atoms with E-state index in [-0.39, 0.29) is 5.54 Å². The van der Waals surface area contributed by atoms with E-state index >= 15 is 0 Å². The summed E-state index contributed by atoms with van der Waals surface area (Å²) in [7, 11) is 1.72. The Labute approximate surface area is 127 Å². The number of hydrogen-bond acceptors (Lipinski definition) is 4. The van der Waals surface area contributed by atoms with Gasteiger partial charge in [-0.25, -0.2) is 0 Å². The fraction of sp³-hybridized carbons (Fsp3) is 0.706. The van der Waals surface area contributed by atoms with Gasteiger partial charge in [0.05, 0.1) is 12.8 Å². The fourth-order valence-corrected chi connectivity index (χ4v) is 3.46. The summed E-state index contributed by atoms with van der Waals surface area (Å²) in [5.74, 6) is 1.76. The molecule has 1 N–H and O–H groups in total. The predicted molar refractivity (Wildman–Crippen MR) is 84.5 cm³/mol. The number of rotatable bonds is 4. The zero-order valence-corrected chi connectivity index (χ0v) is 13.6. The lowest BCUT2D eigenvalue weighted by molar-refractivity contribution is 0.0759. The highest BCUT2D eigenvalue weighted by Crippen LogP contribution is 2.41. The molecule has 2 atom stereocenters. The van der Waals surface area contributed by atoms with Gasteiger partial charge in [-0.3, -0.25) is 9.88 Å². The molecule has 4 heteroatoms. The molecule has 2 heterocycles. The molecule has 1 aromatic heterocycles. The maximum Gasteiger partial charge on any atom is 0.122 e. The summed E-state index contributed by atoms with van der Waals surface area (Å²) in [5, 5.41) is 3.77. The molecular formula is C17H27N3O. The first-order chi connectivity index (χ1) is 10.00. The average molecular weight is 289 g/mol. The van der Waals surface area contributed by atoms with Crippen LogP contribution >= 0.6 is 0 Å². The first-order valence-electron chi connectivity index (χ1n) is 8.01. The van der Waals surface area contributed by atoms with E-state index in [0.29, 0.717) is 6.04 Å². The van der Waals surface area contributed by atoms with E-state index in [1.165, 1.54) is 12.8 Å². The quantitative estimate of drug-likeness (QED) is 0.923. The van der Waals surface area contributed by atoms with E-state index in [4.69, 9.17) is 4.74 Å². The first-order valence-corrected chi connectivity index (χ1v) is 8.01. The smallest absolute Gasteiger partial charge is 0.122 e. The van der Waals surface area contributed by atoms with Crippen molar-refractivity contribution in [3.63, 3.8) is 0 Å². The Bertz CT molecular complexity index is 515. The Morgan fingerprint density at radius 1 is 1.43 bits per heavy atom. The molecule has 3 rings (SSSR count). The van der Waals surface area contributed by atoms with Gasteiger partial charge in [0.2, 0.25) is 0 Å². The van der Waals surface area contributed by atoms with Gasteiger partial charge >= 0.3 is 0 Å². The lowest BCUT2D eigenvalue weighted by Crippen LogP contribution is -2.62. The third-order valence-corrected chi connectivity index (χ3v) is 5.02. The van der Waals surface area contributed by atoms with Crippen LogP contribution in [0.5, 0.6) is 5.75 Å². The van der Waals surface area contributed by atoms with Crippen LogP contribution in [0.3, 0.4) is 0 Å². The highest BCUT2D eigenvalue weighted by molar-refractivity contribution is 5.26. The molecule has 116 valence electrons. The second-order valence-electron chi connectivity index (χ2n) is 6.97. The van der Waals surface area contributed by atoms with Crippen molar-refractivity contribution < 1.29 is 4.74 Å². The number of nitrogens with zero attached hydrogens (tertiary/aromatic N) is 2. The minimum atomic E-state index is 0.278. The maximum atomic E-state index is 5.37. The minimum Gasteiger partial charge on any atom is -0.497 e. The number of hydrogen-bond donors (Lipinski definition) is 1. The molecule has 1 aliphatic carbocycles. The molecule has 21 heavy (non-hydrogen) atoms. The second kappa shape index (κ2) is 5.58. The summed E-state index contributed by atoms with van der Waals surface area (Å²) in [6.07, 6.45) is 2.75. The van der Waals surface area contributed by atoms with Crippen LogP contribution in [-0.2, 0) is 6.54 Å². The molecule has 0 aromatic carbocycles. The molecule has 1 aliphatic heterocycles. The van der Waals surface area contributed by atoms with Gasteiger partial charge in [-0.05, 0) is 39.5 Å². The molecule has 0 bridgehead atoms.